The standard InChI is InChI=1S/C17H19Cl/c1-11-7-5-8-12(2)15(11)17(18)16-13(3)9-6-10-14(16)4/h5-10,17H,1-4H3. The van der Waals surface area contributed by atoms with Crippen molar-refractivity contribution in [1.29, 1.82) is 0 Å². The monoisotopic (exact) mass is 258 g/mol. The molecule has 0 aromatic heterocycles. The maximum absolute atomic E-state index is 6.75. The Balaban J connectivity index is 2.58. The Morgan fingerprint density at radius 1 is 0.667 bits per heavy atom. The highest BCUT2D eigenvalue weighted by atomic mass is 35.5. The lowest BCUT2D eigenvalue weighted by Gasteiger charge is -2.20. The van der Waals surface area contributed by atoms with Crippen molar-refractivity contribution in [2.75, 3.05) is 0 Å². The van der Waals surface area contributed by atoms with E-state index in [1.54, 1.807) is 0 Å². The van der Waals surface area contributed by atoms with Gasteiger partial charge >= 0.3 is 0 Å². The zero-order valence-electron chi connectivity index (χ0n) is 11.4. The van der Waals surface area contributed by atoms with Crippen molar-refractivity contribution >= 4 is 11.6 Å². The summed E-state index contributed by atoms with van der Waals surface area (Å²) in [7, 11) is 0. The van der Waals surface area contributed by atoms with E-state index < -0.39 is 0 Å². The van der Waals surface area contributed by atoms with Crippen LogP contribution in [0.15, 0.2) is 36.4 Å². The van der Waals surface area contributed by atoms with Crippen molar-refractivity contribution in [1.82, 2.24) is 0 Å². The van der Waals surface area contributed by atoms with Crippen LogP contribution in [0.2, 0.25) is 0 Å². The summed E-state index contributed by atoms with van der Waals surface area (Å²) in [5.74, 6) is 0. The molecule has 0 spiro atoms. The average Bonchev–Trinajstić information content (AvgIpc) is 2.28. The fourth-order valence-corrected chi connectivity index (χ4v) is 3.29. The first kappa shape index (κ1) is 13.2. The highest BCUT2D eigenvalue weighted by molar-refractivity contribution is 6.23. The molecule has 0 N–H and O–H groups in total. The Morgan fingerprint density at radius 3 is 1.22 bits per heavy atom. The summed E-state index contributed by atoms with van der Waals surface area (Å²) in [5, 5.41) is -0.0626. The number of aryl methyl sites for hydroxylation is 4. The van der Waals surface area contributed by atoms with E-state index in [1.807, 2.05) is 0 Å². The van der Waals surface area contributed by atoms with Crippen molar-refractivity contribution in [3.8, 4) is 0 Å². The van der Waals surface area contributed by atoms with Gasteiger partial charge in [-0.05, 0) is 61.1 Å². The summed E-state index contributed by atoms with van der Waals surface area (Å²) in [6, 6.07) is 12.7. The average molecular weight is 259 g/mol. The molecule has 1 heteroatoms. The molecule has 0 bridgehead atoms. The second kappa shape index (κ2) is 5.16. The maximum atomic E-state index is 6.75. The van der Waals surface area contributed by atoms with Crippen molar-refractivity contribution < 1.29 is 0 Å². The van der Waals surface area contributed by atoms with Gasteiger partial charge in [0.25, 0.3) is 0 Å². The molecule has 0 nitrogen and oxygen atoms in total. The fraction of sp³-hybridized carbons (Fsp3) is 0.294. The first-order valence-electron chi connectivity index (χ1n) is 6.28. The normalized spacial score (nSPS) is 11.0. The van der Waals surface area contributed by atoms with E-state index in [1.165, 1.54) is 33.4 Å². The second-order valence-electron chi connectivity index (χ2n) is 4.97. The largest absolute Gasteiger partial charge is 0.113 e. The molecule has 0 radical (unpaired) electrons. The molecule has 0 atom stereocenters. The third-order valence-electron chi connectivity index (χ3n) is 3.59. The van der Waals surface area contributed by atoms with Crippen LogP contribution in [0.4, 0.5) is 0 Å². The molecule has 2 aromatic carbocycles. The number of hydrogen-bond donors (Lipinski definition) is 0. The van der Waals surface area contributed by atoms with E-state index in [0.29, 0.717) is 0 Å². The Bertz CT molecular complexity index is 478. The summed E-state index contributed by atoms with van der Waals surface area (Å²) < 4.78 is 0. The summed E-state index contributed by atoms with van der Waals surface area (Å²) in [6.07, 6.45) is 0. The molecule has 0 fully saturated rings. The van der Waals surface area contributed by atoms with Crippen LogP contribution in [0.3, 0.4) is 0 Å². The van der Waals surface area contributed by atoms with Crippen molar-refractivity contribution in [3.05, 3.63) is 69.8 Å². The van der Waals surface area contributed by atoms with Gasteiger partial charge in [0, 0.05) is 0 Å². The third kappa shape index (κ3) is 2.30. The van der Waals surface area contributed by atoms with Crippen LogP contribution < -0.4 is 0 Å². The van der Waals surface area contributed by atoms with Crippen molar-refractivity contribution in [2.45, 2.75) is 33.1 Å². The lowest BCUT2D eigenvalue weighted by atomic mass is 9.91. The molecule has 0 unspecified atom stereocenters. The van der Waals surface area contributed by atoms with Gasteiger partial charge in [-0.15, -0.1) is 11.6 Å². The van der Waals surface area contributed by atoms with Crippen LogP contribution in [0.25, 0.3) is 0 Å². The lowest BCUT2D eigenvalue weighted by molar-refractivity contribution is 1.04. The maximum Gasteiger partial charge on any atom is 0.0845 e. The van der Waals surface area contributed by atoms with Crippen LogP contribution >= 0.6 is 11.6 Å². The number of rotatable bonds is 2. The Kier molecular flexibility index (Phi) is 3.77. The van der Waals surface area contributed by atoms with Crippen molar-refractivity contribution in [3.63, 3.8) is 0 Å². The molecule has 0 aliphatic carbocycles. The summed E-state index contributed by atoms with van der Waals surface area (Å²) in [4.78, 5) is 0. The fourth-order valence-electron chi connectivity index (χ4n) is 2.60. The predicted octanol–water partition coefficient (Wildman–Crippen LogP) is 5.25. The van der Waals surface area contributed by atoms with Crippen LogP contribution in [0.5, 0.6) is 0 Å². The van der Waals surface area contributed by atoms with Crippen molar-refractivity contribution in [2.24, 2.45) is 0 Å². The summed E-state index contributed by atoms with van der Waals surface area (Å²) >= 11 is 6.75. The van der Waals surface area contributed by atoms with E-state index in [-0.39, 0.29) is 5.38 Å². The topological polar surface area (TPSA) is 0 Å². The minimum atomic E-state index is -0.0626. The van der Waals surface area contributed by atoms with Gasteiger partial charge in [0.15, 0.2) is 0 Å². The van der Waals surface area contributed by atoms with E-state index in [4.69, 9.17) is 11.6 Å². The third-order valence-corrected chi connectivity index (χ3v) is 4.03. The van der Waals surface area contributed by atoms with Gasteiger partial charge in [0.2, 0.25) is 0 Å². The molecule has 94 valence electrons. The zero-order valence-corrected chi connectivity index (χ0v) is 12.2. The highest BCUT2D eigenvalue weighted by Crippen LogP contribution is 2.36. The molecule has 0 aliphatic rings. The lowest BCUT2D eigenvalue weighted by Crippen LogP contribution is -2.03. The zero-order chi connectivity index (χ0) is 13.3. The number of alkyl halides is 1. The van der Waals surface area contributed by atoms with Crippen LogP contribution in [0.1, 0.15) is 38.8 Å². The van der Waals surface area contributed by atoms with Gasteiger partial charge in [0.1, 0.15) is 0 Å². The minimum absolute atomic E-state index is 0.0626. The SMILES string of the molecule is Cc1cccc(C)c1C(Cl)c1c(C)cccc1C. The van der Waals surface area contributed by atoms with E-state index in [2.05, 4.69) is 64.1 Å². The predicted molar refractivity (Wildman–Crippen MR) is 79.5 cm³/mol. The van der Waals surface area contributed by atoms with Gasteiger partial charge in [-0.2, -0.15) is 0 Å². The molecule has 0 aliphatic heterocycles. The molecular weight excluding hydrogens is 240 g/mol. The molecule has 0 heterocycles. The molecule has 0 saturated carbocycles. The molecule has 0 saturated heterocycles. The first-order chi connectivity index (χ1) is 8.52. The first-order valence-corrected chi connectivity index (χ1v) is 6.72. The van der Waals surface area contributed by atoms with Crippen LogP contribution in [-0.2, 0) is 0 Å². The van der Waals surface area contributed by atoms with E-state index in [0.717, 1.165) is 0 Å². The van der Waals surface area contributed by atoms with Gasteiger partial charge in [-0.25, -0.2) is 0 Å². The van der Waals surface area contributed by atoms with E-state index >= 15 is 0 Å². The Morgan fingerprint density at radius 2 is 0.944 bits per heavy atom. The van der Waals surface area contributed by atoms with Crippen LogP contribution in [-0.4, -0.2) is 0 Å². The van der Waals surface area contributed by atoms with Gasteiger partial charge < -0.3 is 0 Å². The second-order valence-corrected chi connectivity index (χ2v) is 5.41. The summed E-state index contributed by atoms with van der Waals surface area (Å²) in [5.41, 5.74) is 7.54. The Labute approximate surface area is 115 Å². The van der Waals surface area contributed by atoms with E-state index in [9.17, 15) is 0 Å². The smallest absolute Gasteiger partial charge is 0.0845 e. The number of hydrogen-bond acceptors (Lipinski definition) is 0. The quantitative estimate of drug-likeness (QED) is 0.646. The van der Waals surface area contributed by atoms with Gasteiger partial charge in [-0.1, -0.05) is 36.4 Å². The highest BCUT2D eigenvalue weighted by Gasteiger charge is 2.18. The molecule has 18 heavy (non-hydrogen) atoms. The number of halogens is 1. The van der Waals surface area contributed by atoms with Gasteiger partial charge in [0.05, 0.1) is 5.38 Å². The molecule has 2 rings (SSSR count). The Hall–Kier alpha value is -1.27. The summed E-state index contributed by atoms with van der Waals surface area (Å²) in [6.45, 7) is 8.52. The molecule has 0 amide bonds. The molecule has 2 aromatic rings. The van der Waals surface area contributed by atoms with Gasteiger partial charge in [-0.3, -0.25) is 0 Å². The molecular formula is C17H19Cl. The minimum Gasteiger partial charge on any atom is -0.113 e. The van der Waals surface area contributed by atoms with Crippen LogP contribution in [0, 0.1) is 27.7 Å². The number of benzene rings is 2.